The second kappa shape index (κ2) is 8.07. The minimum absolute atomic E-state index is 0.0319. The highest BCUT2D eigenvalue weighted by atomic mass is 16.7. The van der Waals surface area contributed by atoms with E-state index in [2.05, 4.69) is 10.3 Å². The summed E-state index contributed by atoms with van der Waals surface area (Å²) in [5.74, 6) is 1.10. The summed E-state index contributed by atoms with van der Waals surface area (Å²) < 4.78 is 10.9. The van der Waals surface area contributed by atoms with E-state index in [9.17, 15) is 9.59 Å². The summed E-state index contributed by atoms with van der Waals surface area (Å²) >= 11 is 0. The van der Waals surface area contributed by atoms with E-state index in [0.717, 1.165) is 29.0 Å². The van der Waals surface area contributed by atoms with Gasteiger partial charge in [-0.15, -0.1) is 0 Å². The molecular weight excluding hydrogens is 368 g/mol. The molecule has 1 N–H and O–H groups in total. The van der Waals surface area contributed by atoms with E-state index in [1.54, 1.807) is 24.3 Å². The lowest BCUT2D eigenvalue weighted by atomic mass is 9.90. The van der Waals surface area contributed by atoms with E-state index in [1.165, 1.54) is 0 Å². The Labute approximate surface area is 169 Å². The van der Waals surface area contributed by atoms with Crippen LogP contribution in [-0.4, -0.2) is 36.8 Å². The van der Waals surface area contributed by atoms with Gasteiger partial charge in [0.2, 0.25) is 6.79 Å². The van der Waals surface area contributed by atoms with Crippen LogP contribution in [0.3, 0.4) is 0 Å². The van der Waals surface area contributed by atoms with Gasteiger partial charge in [0.1, 0.15) is 0 Å². The minimum atomic E-state index is -0.579. The van der Waals surface area contributed by atoms with Crippen molar-refractivity contribution in [2.45, 2.75) is 32.7 Å². The van der Waals surface area contributed by atoms with Crippen LogP contribution in [0.1, 0.15) is 41.8 Å². The first-order valence-corrected chi connectivity index (χ1v) is 9.88. The predicted molar refractivity (Wildman–Crippen MR) is 110 cm³/mol. The number of nitrogens with zero attached hydrogens (tertiary/aromatic N) is 1. The number of aliphatic imine (C=N–C) groups is 1. The van der Waals surface area contributed by atoms with Crippen molar-refractivity contribution in [2.75, 3.05) is 13.3 Å². The summed E-state index contributed by atoms with van der Waals surface area (Å²) in [5, 5.41) is 2.90. The third-order valence-corrected chi connectivity index (χ3v) is 5.27. The first kappa shape index (κ1) is 19.2. The van der Waals surface area contributed by atoms with Crippen molar-refractivity contribution < 1.29 is 19.1 Å². The number of nitrogens with one attached hydrogen (secondary N) is 1. The zero-order valence-electron chi connectivity index (χ0n) is 16.6. The quantitative estimate of drug-likeness (QED) is 0.819. The van der Waals surface area contributed by atoms with Crippen LogP contribution >= 0.6 is 0 Å². The fraction of sp³-hybridized carbons (Fsp3) is 0.348. The second-order valence-electron chi connectivity index (χ2n) is 7.65. The summed E-state index contributed by atoms with van der Waals surface area (Å²) in [6.45, 7) is 4.72. The molecule has 2 aliphatic rings. The largest absolute Gasteiger partial charge is 0.454 e. The number of carbonyl (C=O) groups excluding carboxylic acids is 2. The molecule has 2 aromatic rings. The maximum absolute atomic E-state index is 13.1. The number of hydrogen-bond acceptors (Lipinski definition) is 5. The molecule has 0 unspecified atom stereocenters. The maximum Gasteiger partial charge on any atom is 0.251 e. The van der Waals surface area contributed by atoms with Crippen molar-refractivity contribution in [3.8, 4) is 11.5 Å². The Kier molecular flexibility index (Phi) is 5.34. The molecule has 0 aliphatic carbocycles. The Morgan fingerprint density at radius 3 is 2.55 bits per heavy atom. The number of fused-ring (bicyclic) bond motifs is 2. The number of Topliss-reactive ketones (excluding diaryl/α,β-unsaturated/α-hetero) is 1. The zero-order valence-corrected chi connectivity index (χ0v) is 16.6. The van der Waals surface area contributed by atoms with Crippen LogP contribution < -0.4 is 14.8 Å². The van der Waals surface area contributed by atoms with Crippen LogP contribution in [0.25, 0.3) is 0 Å². The first-order chi connectivity index (χ1) is 14.0. The lowest BCUT2D eigenvalue weighted by molar-refractivity contribution is -0.120. The molecule has 0 radical (unpaired) electrons. The SMILES string of the molecule is CC(C)[C@H](NC(=O)c1ccccc1)C(=O)CC1=NCCc2cc3c(cc21)OCO3. The van der Waals surface area contributed by atoms with Gasteiger partial charge in [-0.1, -0.05) is 32.0 Å². The number of ketones is 1. The Balaban J connectivity index is 1.52. The Bertz CT molecular complexity index is 966. The predicted octanol–water partition coefficient (Wildman–Crippen LogP) is 3.17. The number of rotatable bonds is 6. The van der Waals surface area contributed by atoms with Gasteiger partial charge in [-0.2, -0.15) is 0 Å². The highest BCUT2D eigenvalue weighted by molar-refractivity contribution is 6.14. The van der Waals surface area contributed by atoms with E-state index in [4.69, 9.17) is 9.47 Å². The molecule has 0 spiro atoms. The van der Waals surface area contributed by atoms with Crippen LogP contribution in [0.5, 0.6) is 11.5 Å². The summed E-state index contributed by atoms with van der Waals surface area (Å²) in [6, 6.07) is 12.3. The van der Waals surface area contributed by atoms with Gasteiger partial charge in [-0.25, -0.2) is 0 Å². The van der Waals surface area contributed by atoms with E-state index in [1.807, 2.05) is 32.0 Å². The Morgan fingerprint density at radius 1 is 1.10 bits per heavy atom. The molecule has 2 aliphatic heterocycles. The third kappa shape index (κ3) is 4.01. The molecule has 2 heterocycles. The molecule has 0 bridgehead atoms. The monoisotopic (exact) mass is 392 g/mol. The van der Waals surface area contributed by atoms with Crippen molar-refractivity contribution >= 4 is 17.4 Å². The van der Waals surface area contributed by atoms with Crippen molar-refractivity contribution in [3.05, 3.63) is 59.2 Å². The fourth-order valence-corrected chi connectivity index (χ4v) is 3.72. The molecule has 4 rings (SSSR count). The average Bonchev–Trinajstić information content (AvgIpc) is 3.18. The van der Waals surface area contributed by atoms with Crippen LogP contribution in [0.2, 0.25) is 0 Å². The standard InChI is InChI=1S/C23H24N2O4/c1-14(2)22(25-23(27)15-6-4-3-5-7-15)19(26)12-18-17-11-21-20(28-13-29-21)10-16(17)8-9-24-18/h3-7,10-11,14,22H,8-9,12-13H2,1-2H3,(H,25,27)/t22-/m0/s1. The number of carbonyl (C=O) groups is 2. The van der Waals surface area contributed by atoms with E-state index in [-0.39, 0.29) is 30.8 Å². The lowest BCUT2D eigenvalue weighted by Crippen LogP contribution is -2.45. The molecule has 2 aromatic carbocycles. The fourth-order valence-electron chi connectivity index (χ4n) is 3.72. The molecule has 1 atom stereocenters. The average molecular weight is 392 g/mol. The van der Waals surface area contributed by atoms with Gasteiger partial charge in [0.15, 0.2) is 17.3 Å². The van der Waals surface area contributed by atoms with Gasteiger partial charge in [0.25, 0.3) is 5.91 Å². The first-order valence-electron chi connectivity index (χ1n) is 9.88. The van der Waals surface area contributed by atoms with Crippen molar-refractivity contribution in [1.29, 1.82) is 0 Å². The number of benzene rings is 2. The summed E-state index contributed by atoms with van der Waals surface area (Å²) in [4.78, 5) is 30.3. The van der Waals surface area contributed by atoms with Gasteiger partial charge in [0.05, 0.1) is 12.5 Å². The zero-order chi connectivity index (χ0) is 20.4. The van der Waals surface area contributed by atoms with Crippen LogP contribution in [-0.2, 0) is 11.2 Å². The van der Waals surface area contributed by atoms with Gasteiger partial charge in [-0.3, -0.25) is 14.6 Å². The number of amides is 1. The molecule has 29 heavy (non-hydrogen) atoms. The molecule has 0 fully saturated rings. The maximum atomic E-state index is 13.1. The van der Waals surface area contributed by atoms with E-state index >= 15 is 0 Å². The lowest BCUT2D eigenvalue weighted by Gasteiger charge is -2.23. The van der Waals surface area contributed by atoms with Crippen LogP contribution in [0.15, 0.2) is 47.5 Å². The van der Waals surface area contributed by atoms with Crippen molar-refractivity contribution in [2.24, 2.45) is 10.9 Å². The van der Waals surface area contributed by atoms with E-state index < -0.39 is 6.04 Å². The third-order valence-electron chi connectivity index (χ3n) is 5.27. The topological polar surface area (TPSA) is 77.0 Å². The highest BCUT2D eigenvalue weighted by Gasteiger charge is 2.28. The number of ether oxygens (including phenoxy) is 2. The number of hydrogen-bond donors (Lipinski definition) is 1. The molecule has 1 amide bonds. The van der Waals surface area contributed by atoms with Gasteiger partial charge in [0, 0.05) is 23.4 Å². The van der Waals surface area contributed by atoms with Gasteiger partial charge in [-0.05, 0) is 42.2 Å². The summed E-state index contributed by atoms with van der Waals surface area (Å²) in [7, 11) is 0. The Morgan fingerprint density at radius 2 is 1.83 bits per heavy atom. The smallest absolute Gasteiger partial charge is 0.251 e. The minimum Gasteiger partial charge on any atom is -0.454 e. The summed E-state index contributed by atoms with van der Waals surface area (Å²) in [6.07, 6.45) is 0.979. The van der Waals surface area contributed by atoms with E-state index in [0.29, 0.717) is 17.9 Å². The van der Waals surface area contributed by atoms with Gasteiger partial charge < -0.3 is 14.8 Å². The van der Waals surface area contributed by atoms with Crippen LogP contribution in [0, 0.1) is 5.92 Å². The normalized spacial score (nSPS) is 15.5. The molecular formula is C23H24N2O4. The Hall–Kier alpha value is -3.15. The van der Waals surface area contributed by atoms with Gasteiger partial charge >= 0.3 is 0 Å². The molecule has 0 saturated heterocycles. The van der Waals surface area contributed by atoms with Crippen LogP contribution in [0.4, 0.5) is 0 Å². The summed E-state index contributed by atoms with van der Waals surface area (Å²) in [5.41, 5.74) is 3.33. The second-order valence-corrected chi connectivity index (χ2v) is 7.65. The molecule has 6 nitrogen and oxygen atoms in total. The highest BCUT2D eigenvalue weighted by Crippen LogP contribution is 2.36. The molecule has 0 aromatic heterocycles. The van der Waals surface area contributed by atoms with Crippen molar-refractivity contribution in [3.63, 3.8) is 0 Å². The molecule has 0 saturated carbocycles. The molecule has 6 heteroatoms. The molecule has 150 valence electrons. The van der Waals surface area contributed by atoms with Crippen molar-refractivity contribution in [1.82, 2.24) is 5.32 Å².